The Hall–Kier alpha value is -4.08. The fourth-order valence-electron chi connectivity index (χ4n) is 6.40. The number of aliphatic imine (C=N–C) groups is 2. The molecular formula is C32H38N4O6. The standard InChI is InChI=1S/C32H38N4O6/c1-19-9-20-15-33-24-12-28(26(39-4)10-22(24)30(37)35(20)17-19)41-7-6-8-42-29-13-25-23(11-27(29)40-5)31(38)36-18-32(2,3)14-21(36)16-34-25/h10-13,15-16,19-21H,6-9,14,17-18H2,1-5H3/t19?,20-,21-/m0/s1. The Morgan fingerprint density at radius 1 is 0.810 bits per heavy atom. The van der Waals surface area contributed by atoms with E-state index in [1.807, 2.05) is 22.2 Å². The van der Waals surface area contributed by atoms with Crippen molar-refractivity contribution in [2.45, 2.75) is 52.1 Å². The highest BCUT2D eigenvalue weighted by molar-refractivity contribution is 6.04. The van der Waals surface area contributed by atoms with Gasteiger partial charge >= 0.3 is 0 Å². The molecule has 4 heterocycles. The summed E-state index contributed by atoms with van der Waals surface area (Å²) in [6.07, 6.45) is 6.11. The van der Waals surface area contributed by atoms with Crippen LogP contribution in [-0.2, 0) is 0 Å². The van der Waals surface area contributed by atoms with E-state index in [1.54, 1.807) is 38.5 Å². The summed E-state index contributed by atoms with van der Waals surface area (Å²) in [6, 6.07) is 7.00. The zero-order valence-corrected chi connectivity index (χ0v) is 24.9. The molecule has 2 fully saturated rings. The van der Waals surface area contributed by atoms with E-state index in [4.69, 9.17) is 18.9 Å². The predicted molar refractivity (Wildman–Crippen MR) is 160 cm³/mol. The Kier molecular flexibility index (Phi) is 7.32. The van der Waals surface area contributed by atoms with E-state index >= 15 is 0 Å². The lowest BCUT2D eigenvalue weighted by molar-refractivity contribution is 0.0757. The molecule has 4 aliphatic heterocycles. The molecule has 10 heteroatoms. The monoisotopic (exact) mass is 574 g/mol. The first-order valence-corrected chi connectivity index (χ1v) is 14.6. The zero-order valence-electron chi connectivity index (χ0n) is 24.9. The summed E-state index contributed by atoms with van der Waals surface area (Å²) in [4.78, 5) is 39.6. The van der Waals surface area contributed by atoms with Gasteiger partial charge in [0.15, 0.2) is 23.0 Å². The summed E-state index contributed by atoms with van der Waals surface area (Å²) in [5, 5.41) is 0. The lowest BCUT2D eigenvalue weighted by atomic mass is 9.91. The summed E-state index contributed by atoms with van der Waals surface area (Å²) < 4.78 is 23.2. The topological polar surface area (TPSA) is 102 Å². The molecule has 0 spiro atoms. The number of nitrogens with zero attached hydrogens (tertiary/aromatic N) is 4. The van der Waals surface area contributed by atoms with Gasteiger partial charge in [-0.1, -0.05) is 20.8 Å². The van der Waals surface area contributed by atoms with Crippen LogP contribution >= 0.6 is 0 Å². The Labute approximate surface area is 246 Å². The van der Waals surface area contributed by atoms with Crippen molar-refractivity contribution in [3.05, 3.63) is 35.4 Å². The Morgan fingerprint density at radius 3 is 1.93 bits per heavy atom. The summed E-state index contributed by atoms with van der Waals surface area (Å²) in [7, 11) is 3.12. The fraction of sp³-hybridized carbons (Fsp3) is 0.500. The minimum absolute atomic E-state index is 0.0120. The van der Waals surface area contributed by atoms with E-state index in [2.05, 4.69) is 30.8 Å². The van der Waals surface area contributed by atoms with Crippen molar-refractivity contribution >= 4 is 35.6 Å². The van der Waals surface area contributed by atoms with E-state index in [-0.39, 0.29) is 29.3 Å². The normalized spacial score (nSPS) is 23.5. The molecule has 222 valence electrons. The molecule has 10 nitrogen and oxygen atoms in total. The van der Waals surface area contributed by atoms with Crippen molar-refractivity contribution in [2.75, 3.05) is 40.5 Å². The zero-order chi connectivity index (χ0) is 29.6. The van der Waals surface area contributed by atoms with Crippen LogP contribution in [-0.4, -0.2) is 86.6 Å². The first-order chi connectivity index (χ1) is 20.2. The predicted octanol–water partition coefficient (Wildman–Crippen LogP) is 5.07. The first kappa shape index (κ1) is 28.1. The van der Waals surface area contributed by atoms with Crippen LogP contribution in [0, 0.1) is 11.3 Å². The maximum absolute atomic E-state index is 13.4. The van der Waals surface area contributed by atoms with Gasteiger partial charge in [-0.15, -0.1) is 0 Å². The summed E-state index contributed by atoms with van der Waals surface area (Å²) in [5.41, 5.74) is 2.27. The summed E-state index contributed by atoms with van der Waals surface area (Å²) >= 11 is 0. The second-order valence-electron chi connectivity index (χ2n) is 12.4. The molecule has 4 aliphatic rings. The number of methoxy groups -OCH3 is 2. The number of fused-ring (bicyclic) bond motifs is 4. The number of benzene rings is 2. The van der Waals surface area contributed by atoms with Crippen LogP contribution in [0.4, 0.5) is 11.4 Å². The van der Waals surface area contributed by atoms with Crippen LogP contribution in [0.25, 0.3) is 0 Å². The van der Waals surface area contributed by atoms with Crippen molar-refractivity contribution in [2.24, 2.45) is 21.3 Å². The van der Waals surface area contributed by atoms with Crippen molar-refractivity contribution in [3.63, 3.8) is 0 Å². The third-order valence-electron chi connectivity index (χ3n) is 8.43. The van der Waals surface area contributed by atoms with Crippen LogP contribution in [0.5, 0.6) is 23.0 Å². The average Bonchev–Trinajstić information content (AvgIpc) is 3.43. The van der Waals surface area contributed by atoms with E-state index in [0.717, 1.165) is 19.4 Å². The number of amides is 2. The van der Waals surface area contributed by atoms with Gasteiger partial charge in [0.2, 0.25) is 0 Å². The fourth-order valence-corrected chi connectivity index (χ4v) is 6.40. The van der Waals surface area contributed by atoms with Gasteiger partial charge in [0.05, 0.1) is 62.0 Å². The molecule has 2 aromatic rings. The van der Waals surface area contributed by atoms with Gasteiger partial charge in [-0.2, -0.15) is 0 Å². The van der Waals surface area contributed by atoms with Gasteiger partial charge < -0.3 is 28.7 Å². The lowest BCUT2D eigenvalue weighted by Crippen LogP contribution is -2.36. The first-order valence-electron chi connectivity index (χ1n) is 14.6. The van der Waals surface area contributed by atoms with E-state index < -0.39 is 0 Å². The highest BCUT2D eigenvalue weighted by Crippen LogP contribution is 2.42. The Bertz CT molecular complexity index is 1470. The average molecular weight is 575 g/mol. The molecule has 0 radical (unpaired) electrons. The lowest BCUT2D eigenvalue weighted by Gasteiger charge is -2.22. The molecular weight excluding hydrogens is 536 g/mol. The highest BCUT2D eigenvalue weighted by Gasteiger charge is 2.41. The van der Waals surface area contributed by atoms with E-state index in [1.165, 1.54) is 0 Å². The Balaban J connectivity index is 1.10. The number of hydrogen-bond acceptors (Lipinski definition) is 8. The van der Waals surface area contributed by atoms with Crippen molar-refractivity contribution in [3.8, 4) is 23.0 Å². The van der Waals surface area contributed by atoms with Gasteiger partial charge in [-0.3, -0.25) is 19.6 Å². The maximum atomic E-state index is 13.4. The number of rotatable bonds is 8. The Morgan fingerprint density at radius 2 is 1.36 bits per heavy atom. The van der Waals surface area contributed by atoms with Crippen LogP contribution in [0.3, 0.4) is 0 Å². The largest absolute Gasteiger partial charge is 0.493 e. The molecule has 3 atom stereocenters. The second kappa shape index (κ2) is 11.0. The molecule has 1 unspecified atom stereocenters. The number of ether oxygens (including phenoxy) is 4. The summed E-state index contributed by atoms with van der Waals surface area (Å²) in [5.74, 6) is 2.41. The highest BCUT2D eigenvalue weighted by atomic mass is 16.5. The molecule has 6 rings (SSSR count). The molecule has 0 N–H and O–H groups in total. The molecule has 42 heavy (non-hydrogen) atoms. The summed E-state index contributed by atoms with van der Waals surface area (Å²) in [6.45, 7) is 8.63. The molecule has 0 aromatic heterocycles. The quantitative estimate of drug-likeness (QED) is 0.408. The number of carbonyl (C=O) groups is 2. The van der Waals surface area contributed by atoms with Gasteiger partial charge in [0.25, 0.3) is 11.8 Å². The number of carbonyl (C=O) groups excluding carboxylic acids is 2. The van der Waals surface area contributed by atoms with Crippen LogP contribution < -0.4 is 18.9 Å². The van der Waals surface area contributed by atoms with Crippen molar-refractivity contribution in [1.29, 1.82) is 0 Å². The van der Waals surface area contributed by atoms with E-state index in [0.29, 0.717) is 77.6 Å². The maximum Gasteiger partial charge on any atom is 0.256 e. The van der Waals surface area contributed by atoms with Crippen molar-refractivity contribution < 1.29 is 28.5 Å². The minimum Gasteiger partial charge on any atom is -0.493 e. The second-order valence-corrected chi connectivity index (χ2v) is 12.4. The van der Waals surface area contributed by atoms with Gasteiger partial charge in [0, 0.05) is 44.1 Å². The van der Waals surface area contributed by atoms with Gasteiger partial charge in [-0.05, 0) is 36.3 Å². The molecule has 0 bridgehead atoms. The molecule has 0 saturated carbocycles. The molecule has 2 aromatic carbocycles. The van der Waals surface area contributed by atoms with Crippen LogP contribution in [0.1, 0.15) is 60.7 Å². The smallest absolute Gasteiger partial charge is 0.256 e. The third-order valence-corrected chi connectivity index (χ3v) is 8.43. The van der Waals surface area contributed by atoms with Crippen LogP contribution in [0.15, 0.2) is 34.3 Å². The third kappa shape index (κ3) is 5.18. The van der Waals surface area contributed by atoms with Crippen LogP contribution in [0.2, 0.25) is 0 Å². The molecule has 2 saturated heterocycles. The minimum atomic E-state index is -0.0352. The van der Waals surface area contributed by atoms with Gasteiger partial charge in [0.1, 0.15) is 0 Å². The SMILES string of the molecule is COc1cc2c(cc1OCCCOc1cc3c(cc1OC)C(=O)N1CC(C)(C)C[C@H]1C=N3)N=C[C@@H]1CC(C)CN1C2=O. The van der Waals surface area contributed by atoms with Crippen molar-refractivity contribution in [1.82, 2.24) is 9.80 Å². The van der Waals surface area contributed by atoms with E-state index in [9.17, 15) is 9.59 Å². The van der Waals surface area contributed by atoms with Gasteiger partial charge in [-0.25, -0.2) is 0 Å². The molecule has 2 amide bonds. The number of hydrogen-bond donors (Lipinski definition) is 0. The molecule has 0 aliphatic carbocycles.